The van der Waals surface area contributed by atoms with Gasteiger partial charge in [-0.3, -0.25) is 4.79 Å². The molecule has 0 aliphatic carbocycles. The molecular weight excluding hydrogens is 388 g/mol. The lowest BCUT2D eigenvalue weighted by Gasteiger charge is -2.11. The molecule has 1 amide bonds. The first-order valence-corrected chi connectivity index (χ1v) is 10.5. The van der Waals surface area contributed by atoms with Crippen molar-refractivity contribution in [2.75, 3.05) is 18.9 Å². The minimum Gasteiger partial charge on any atom is -0.362 e. The molecule has 0 atom stereocenters. The Balaban J connectivity index is 1.68. The molecule has 1 saturated heterocycles. The Bertz CT molecular complexity index is 1110. The van der Waals surface area contributed by atoms with Crippen molar-refractivity contribution in [1.82, 2.24) is 4.90 Å². The molecule has 148 valence electrons. The second kappa shape index (κ2) is 8.71. The van der Waals surface area contributed by atoms with Crippen molar-refractivity contribution >= 4 is 33.5 Å². The van der Waals surface area contributed by atoms with Crippen LogP contribution in [-0.4, -0.2) is 38.7 Å². The molecule has 29 heavy (non-hydrogen) atoms. The van der Waals surface area contributed by atoms with E-state index in [1.165, 1.54) is 30.3 Å². The van der Waals surface area contributed by atoms with Gasteiger partial charge in [-0.25, -0.2) is 0 Å². The van der Waals surface area contributed by atoms with E-state index in [0.717, 1.165) is 13.0 Å². The van der Waals surface area contributed by atoms with Gasteiger partial charge in [-0.1, -0.05) is 18.2 Å². The molecule has 0 unspecified atom stereocenters. The van der Waals surface area contributed by atoms with E-state index in [2.05, 4.69) is 15.8 Å². The minimum atomic E-state index is -3.79. The van der Waals surface area contributed by atoms with Gasteiger partial charge in [0, 0.05) is 31.8 Å². The van der Waals surface area contributed by atoms with Crippen LogP contribution in [-0.2, 0) is 14.8 Å². The van der Waals surface area contributed by atoms with Crippen LogP contribution in [0.25, 0.3) is 6.08 Å². The number of carbonyl (C=O) groups is 1. The first kappa shape index (κ1) is 20.3. The SMILES string of the molecule is CN1CCC/C1=N\S(=O)(=O)c1ccc(NC(=O)/C=C/c2ccccc2C#N)cc1. The molecular formula is C21H20N4O3S. The highest BCUT2D eigenvalue weighted by atomic mass is 32.2. The summed E-state index contributed by atoms with van der Waals surface area (Å²) < 4.78 is 28.8. The number of hydrogen-bond donors (Lipinski definition) is 1. The highest BCUT2D eigenvalue weighted by Crippen LogP contribution is 2.19. The van der Waals surface area contributed by atoms with E-state index in [-0.39, 0.29) is 10.8 Å². The maximum Gasteiger partial charge on any atom is 0.283 e. The number of carbonyl (C=O) groups excluding carboxylic acids is 1. The van der Waals surface area contributed by atoms with E-state index in [1.54, 1.807) is 30.3 Å². The summed E-state index contributed by atoms with van der Waals surface area (Å²) in [6.45, 7) is 0.797. The average molecular weight is 408 g/mol. The van der Waals surface area contributed by atoms with Crippen LogP contribution in [0.4, 0.5) is 5.69 Å². The van der Waals surface area contributed by atoms with Crippen molar-refractivity contribution in [2.24, 2.45) is 4.40 Å². The number of benzene rings is 2. The average Bonchev–Trinajstić information content (AvgIpc) is 3.11. The number of anilines is 1. The Morgan fingerprint density at radius 2 is 1.93 bits per heavy atom. The Labute approximate surface area is 170 Å². The number of nitrogens with one attached hydrogen (secondary N) is 1. The van der Waals surface area contributed by atoms with Gasteiger partial charge < -0.3 is 10.2 Å². The normalized spacial score (nSPS) is 15.6. The van der Waals surface area contributed by atoms with Crippen LogP contribution in [0.3, 0.4) is 0 Å². The second-order valence-corrected chi connectivity index (χ2v) is 8.16. The predicted octanol–water partition coefficient (Wildman–Crippen LogP) is 3.02. The summed E-state index contributed by atoms with van der Waals surface area (Å²) in [5.41, 5.74) is 1.57. The molecule has 2 aromatic rings. The van der Waals surface area contributed by atoms with Gasteiger partial charge in [-0.15, -0.1) is 4.40 Å². The quantitative estimate of drug-likeness (QED) is 0.766. The third kappa shape index (κ3) is 5.09. The number of hydrogen-bond acceptors (Lipinski definition) is 4. The molecule has 8 heteroatoms. The molecule has 3 rings (SSSR count). The third-order valence-corrected chi connectivity index (χ3v) is 5.79. The number of sulfonamides is 1. The van der Waals surface area contributed by atoms with Gasteiger partial charge in [0.2, 0.25) is 5.91 Å². The monoisotopic (exact) mass is 408 g/mol. The maximum absolute atomic E-state index is 12.4. The molecule has 2 aromatic carbocycles. The molecule has 1 fully saturated rings. The van der Waals surface area contributed by atoms with E-state index >= 15 is 0 Å². The zero-order valence-electron chi connectivity index (χ0n) is 15.9. The molecule has 1 heterocycles. The number of amidine groups is 1. The standard InChI is InChI=1S/C21H20N4O3S/c1-25-14-4-7-20(25)24-29(27,28)19-11-9-18(10-12-19)23-21(26)13-8-16-5-2-3-6-17(16)15-22/h2-3,5-6,8-13H,4,7,14H2,1H3,(H,23,26)/b13-8+,24-20+. The summed E-state index contributed by atoms with van der Waals surface area (Å²) in [6.07, 6.45) is 4.41. The predicted molar refractivity (Wildman–Crippen MR) is 112 cm³/mol. The minimum absolute atomic E-state index is 0.0711. The molecule has 7 nitrogen and oxygen atoms in total. The molecule has 0 aromatic heterocycles. The Hall–Kier alpha value is -3.44. The van der Waals surface area contributed by atoms with Crippen molar-refractivity contribution in [2.45, 2.75) is 17.7 Å². The number of rotatable bonds is 5. The van der Waals surface area contributed by atoms with E-state index in [4.69, 9.17) is 5.26 Å². The maximum atomic E-state index is 12.4. The van der Waals surface area contributed by atoms with E-state index in [1.807, 2.05) is 11.9 Å². The highest BCUT2D eigenvalue weighted by molar-refractivity contribution is 7.90. The Morgan fingerprint density at radius 1 is 1.21 bits per heavy atom. The van der Waals surface area contributed by atoms with E-state index < -0.39 is 10.0 Å². The summed E-state index contributed by atoms with van der Waals surface area (Å²) >= 11 is 0. The number of nitriles is 1. The van der Waals surface area contributed by atoms with Crippen LogP contribution in [0.15, 0.2) is 63.9 Å². The van der Waals surface area contributed by atoms with E-state index in [9.17, 15) is 13.2 Å². The lowest BCUT2D eigenvalue weighted by molar-refractivity contribution is -0.111. The fourth-order valence-electron chi connectivity index (χ4n) is 2.90. The molecule has 1 aliphatic heterocycles. The Morgan fingerprint density at radius 3 is 2.59 bits per heavy atom. The van der Waals surface area contributed by atoms with Crippen LogP contribution in [0.2, 0.25) is 0 Å². The van der Waals surface area contributed by atoms with Gasteiger partial charge in [0.15, 0.2) is 0 Å². The smallest absolute Gasteiger partial charge is 0.283 e. The first-order valence-electron chi connectivity index (χ1n) is 9.02. The van der Waals surface area contributed by atoms with Crippen molar-refractivity contribution < 1.29 is 13.2 Å². The third-order valence-electron chi connectivity index (χ3n) is 4.48. The van der Waals surface area contributed by atoms with Crippen molar-refractivity contribution in [3.05, 3.63) is 65.7 Å². The first-order chi connectivity index (χ1) is 13.9. The van der Waals surface area contributed by atoms with Gasteiger partial charge in [0.1, 0.15) is 5.84 Å². The topological polar surface area (TPSA) is 103 Å². The van der Waals surface area contributed by atoms with Crippen LogP contribution in [0.5, 0.6) is 0 Å². The Kier molecular flexibility index (Phi) is 6.10. The van der Waals surface area contributed by atoms with Gasteiger partial charge in [-0.05, 0) is 48.4 Å². The van der Waals surface area contributed by atoms with Crippen LogP contribution >= 0.6 is 0 Å². The number of nitrogens with zero attached hydrogens (tertiary/aromatic N) is 3. The summed E-state index contributed by atoms with van der Waals surface area (Å²) in [5, 5.41) is 11.7. The fraction of sp³-hybridized carbons (Fsp3) is 0.190. The van der Waals surface area contributed by atoms with Crippen LogP contribution in [0.1, 0.15) is 24.0 Å². The molecule has 0 spiro atoms. The van der Waals surface area contributed by atoms with E-state index in [0.29, 0.717) is 29.1 Å². The van der Waals surface area contributed by atoms with Gasteiger partial charge in [-0.2, -0.15) is 13.7 Å². The molecule has 0 saturated carbocycles. The zero-order valence-corrected chi connectivity index (χ0v) is 16.7. The molecule has 1 aliphatic rings. The zero-order chi connectivity index (χ0) is 20.9. The summed E-state index contributed by atoms with van der Waals surface area (Å²) in [4.78, 5) is 14.0. The molecule has 1 N–H and O–H groups in total. The summed E-state index contributed by atoms with van der Waals surface area (Å²) in [6, 6.07) is 14.9. The summed E-state index contributed by atoms with van der Waals surface area (Å²) in [5.74, 6) is 0.173. The van der Waals surface area contributed by atoms with Crippen molar-refractivity contribution in [3.63, 3.8) is 0 Å². The fourth-order valence-corrected chi connectivity index (χ4v) is 4.00. The molecule has 0 bridgehead atoms. The lowest BCUT2D eigenvalue weighted by Crippen LogP contribution is -2.20. The lowest BCUT2D eigenvalue weighted by atomic mass is 10.1. The van der Waals surface area contributed by atoms with Crippen LogP contribution < -0.4 is 5.32 Å². The van der Waals surface area contributed by atoms with Crippen molar-refractivity contribution in [1.29, 1.82) is 5.26 Å². The van der Waals surface area contributed by atoms with Gasteiger partial charge in [0.25, 0.3) is 10.0 Å². The van der Waals surface area contributed by atoms with Crippen LogP contribution in [0, 0.1) is 11.3 Å². The number of likely N-dealkylation sites (tertiary alicyclic amines) is 1. The summed E-state index contributed by atoms with van der Waals surface area (Å²) in [7, 11) is -1.96. The highest BCUT2D eigenvalue weighted by Gasteiger charge is 2.20. The largest absolute Gasteiger partial charge is 0.362 e. The van der Waals surface area contributed by atoms with Crippen molar-refractivity contribution in [3.8, 4) is 6.07 Å². The van der Waals surface area contributed by atoms with Gasteiger partial charge in [0.05, 0.1) is 16.5 Å². The van der Waals surface area contributed by atoms with Gasteiger partial charge >= 0.3 is 0 Å². The number of amides is 1. The second-order valence-electron chi connectivity index (χ2n) is 6.55. The molecule has 0 radical (unpaired) electrons.